The zero-order valence-corrected chi connectivity index (χ0v) is 9.23. The van der Waals surface area contributed by atoms with Gasteiger partial charge in [0.1, 0.15) is 0 Å². The van der Waals surface area contributed by atoms with Crippen molar-refractivity contribution in [1.82, 2.24) is 14.5 Å². The van der Waals surface area contributed by atoms with Crippen LogP contribution in [0.3, 0.4) is 0 Å². The molecule has 0 aliphatic heterocycles. The molecule has 0 amide bonds. The van der Waals surface area contributed by atoms with Gasteiger partial charge in [-0.2, -0.15) is 4.31 Å². The summed E-state index contributed by atoms with van der Waals surface area (Å²) in [5.41, 5.74) is 5.19. The van der Waals surface area contributed by atoms with Crippen molar-refractivity contribution in [2.45, 2.75) is 10.8 Å². The van der Waals surface area contributed by atoms with E-state index in [1.807, 2.05) is 0 Å². The maximum atomic E-state index is 12.0. The van der Waals surface area contributed by atoms with Gasteiger partial charge in [0, 0.05) is 7.05 Å². The minimum Gasteiger partial charge on any atom is -0.374 e. The minimum absolute atomic E-state index is 0.0287. The fourth-order valence-corrected chi connectivity index (χ4v) is 2.87. The number of aromatic nitrogens is 2. The van der Waals surface area contributed by atoms with E-state index in [0.717, 1.165) is 7.05 Å². The van der Waals surface area contributed by atoms with Crippen LogP contribution in [0, 0.1) is 0 Å². The van der Waals surface area contributed by atoms with Crippen LogP contribution in [0.4, 0.5) is 13.9 Å². The summed E-state index contributed by atoms with van der Waals surface area (Å²) in [6.45, 7) is -0.887. The van der Waals surface area contributed by atoms with Crippen LogP contribution in [0.5, 0.6) is 0 Å². The molecular formula is C5H8F2N4O2S2. The fourth-order valence-electron chi connectivity index (χ4n) is 0.750. The van der Waals surface area contributed by atoms with E-state index < -0.39 is 23.0 Å². The number of nitrogens with zero attached hydrogens (tertiary/aromatic N) is 3. The van der Waals surface area contributed by atoms with Crippen molar-refractivity contribution < 1.29 is 17.2 Å². The highest BCUT2D eigenvalue weighted by Crippen LogP contribution is 2.20. The Morgan fingerprint density at radius 3 is 2.53 bits per heavy atom. The molecule has 1 heterocycles. The molecule has 2 N–H and O–H groups in total. The highest BCUT2D eigenvalue weighted by molar-refractivity contribution is 7.91. The summed E-state index contributed by atoms with van der Waals surface area (Å²) >= 11 is 0.631. The first-order valence-electron chi connectivity index (χ1n) is 3.67. The lowest BCUT2D eigenvalue weighted by Crippen LogP contribution is -2.31. The third-order valence-electron chi connectivity index (χ3n) is 1.45. The van der Waals surface area contributed by atoms with Crippen LogP contribution in [0.15, 0.2) is 4.34 Å². The Morgan fingerprint density at radius 1 is 1.53 bits per heavy atom. The van der Waals surface area contributed by atoms with Crippen LogP contribution >= 0.6 is 11.3 Å². The largest absolute Gasteiger partial charge is 0.374 e. The van der Waals surface area contributed by atoms with E-state index in [2.05, 4.69) is 10.2 Å². The first kappa shape index (κ1) is 12.2. The summed E-state index contributed by atoms with van der Waals surface area (Å²) in [6.07, 6.45) is -2.74. The lowest BCUT2D eigenvalue weighted by Gasteiger charge is -2.13. The third-order valence-corrected chi connectivity index (χ3v) is 4.37. The summed E-state index contributed by atoms with van der Waals surface area (Å²) in [6, 6.07) is 0. The van der Waals surface area contributed by atoms with E-state index in [0.29, 0.717) is 15.6 Å². The van der Waals surface area contributed by atoms with Crippen LogP contribution in [0.2, 0.25) is 0 Å². The van der Waals surface area contributed by atoms with Crippen LogP contribution in [0.1, 0.15) is 0 Å². The van der Waals surface area contributed by atoms with Gasteiger partial charge in [-0.05, 0) is 0 Å². The standard InChI is InChI=1S/C5H8F2N4O2S2/c1-11(2-3(6)7)15(12,13)5-10-9-4(8)14-5/h3H,2H2,1H3,(H2,8,9). The lowest BCUT2D eigenvalue weighted by molar-refractivity contribution is 0.126. The molecule has 0 aromatic carbocycles. The number of nitrogen functional groups attached to an aromatic ring is 1. The van der Waals surface area contributed by atoms with Crippen LogP contribution in [-0.4, -0.2) is 42.9 Å². The number of rotatable bonds is 4. The average molecular weight is 258 g/mol. The first-order chi connectivity index (χ1) is 6.84. The van der Waals surface area contributed by atoms with E-state index in [9.17, 15) is 17.2 Å². The Bertz CT molecular complexity index is 432. The van der Waals surface area contributed by atoms with Crippen molar-refractivity contribution in [3.05, 3.63) is 0 Å². The van der Waals surface area contributed by atoms with Gasteiger partial charge in [-0.15, -0.1) is 10.2 Å². The van der Waals surface area contributed by atoms with Crippen molar-refractivity contribution in [3.8, 4) is 0 Å². The number of hydrogen-bond donors (Lipinski definition) is 1. The SMILES string of the molecule is CN(CC(F)F)S(=O)(=O)c1nnc(N)s1. The summed E-state index contributed by atoms with van der Waals surface area (Å²) < 4.78 is 47.1. The fraction of sp³-hybridized carbons (Fsp3) is 0.600. The normalized spacial score (nSPS) is 12.6. The molecule has 15 heavy (non-hydrogen) atoms. The van der Waals surface area contributed by atoms with E-state index in [-0.39, 0.29) is 9.47 Å². The van der Waals surface area contributed by atoms with Crippen molar-refractivity contribution in [2.24, 2.45) is 0 Å². The van der Waals surface area contributed by atoms with Crippen LogP contribution in [0.25, 0.3) is 0 Å². The molecule has 0 atom stereocenters. The van der Waals surface area contributed by atoms with Crippen molar-refractivity contribution in [3.63, 3.8) is 0 Å². The molecule has 0 spiro atoms. The van der Waals surface area contributed by atoms with E-state index in [4.69, 9.17) is 5.73 Å². The summed E-state index contributed by atoms with van der Waals surface area (Å²) in [4.78, 5) is 0. The van der Waals surface area contributed by atoms with Gasteiger partial charge >= 0.3 is 0 Å². The van der Waals surface area contributed by atoms with Gasteiger partial charge in [-0.25, -0.2) is 17.2 Å². The molecule has 0 bridgehead atoms. The molecule has 0 saturated heterocycles. The number of sulfonamides is 1. The monoisotopic (exact) mass is 258 g/mol. The van der Waals surface area contributed by atoms with Gasteiger partial charge in [0.05, 0.1) is 6.54 Å². The molecule has 1 aromatic rings. The Hall–Kier alpha value is -0.870. The highest BCUT2D eigenvalue weighted by atomic mass is 32.2. The topological polar surface area (TPSA) is 89.2 Å². The van der Waals surface area contributed by atoms with Crippen molar-refractivity contribution in [2.75, 3.05) is 19.3 Å². The quantitative estimate of drug-likeness (QED) is 0.821. The highest BCUT2D eigenvalue weighted by Gasteiger charge is 2.27. The molecule has 1 aromatic heterocycles. The minimum atomic E-state index is -3.99. The molecule has 0 aliphatic rings. The number of anilines is 1. The zero-order chi connectivity index (χ0) is 11.6. The third kappa shape index (κ3) is 2.79. The molecule has 10 heteroatoms. The predicted octanol–water partition coefficient (Wildman–Crippen LogP) is 0.00590. The summed E-state index contributed by atoms with van der Waals surface area (Å²) in [7, 11) is -2.95. The molecule has 0 saturated carbocycles. The predicted molar refractivity (Wildman–Crippen MR) is 50.1 cm³/mol. The van der Waals surface area contributed by atoms with Gasteiger partial charge in [-0.3, -0.25) is 0 Å². The number of halogens is 2. The summed E-state index contributed by atoms with van der Waals surface area (Å²) in [5, 5.41) is 6.55. The van der Waals surface area contributed by atoms with Gasteiger partial charge in [-0.1, -0.05) is 11.3 Å². The van der Waals surface area contributed by atoms with Gasteiger partial charge in [0.2, 0.25) is 9.47 Å². The maximum Gasteiger partial charge on any atom is 0.272 e. The maximum absolute atomic E-state index is 12.0. The average Bonchev–Trinajstić information content (AvgIpc) is 2.50. The molecule has 0 aliphatic carbocycles. The number of alkyl halides is 2. The Labute approximate surface area is 88.8 Å². The smallest absolute Gasteiger partial charge is 0.272 e. The van der Waals surface area contributed by atoms with Crippen molar-refractivity contribution >= 4 is 26.5 Å². The van der Waals surface area contributed by atoms with E-state index >= 15 is 0 Å². The van der Waals surface area contributed by atoms with Gasteiger partial charge < -0.3 is 5.73 Å². The van der Waals surface area contributed by atoms with Gasteiger partial charge in [0.25, 0.3) is 16.4 Å². The Morgan fingerprint density at radius 2 is 2.13 bits per heavy atom. The molecular weight excluding hydrogens is 250 g/mol. The zero-order valence-electron chi connectivity index (χ0n) is 7.59. The van der Waals surface area contributed by atoms with Crippen LogP contribution < -0.4 is 5.73 Å². The van der Waals surface area contributed by atoms with Crippen LogP contribution in [-0.2, 0) is 10.0 Å². The summed E-state index contributed by atoms with van der Waals surface area (Å²) in [5.74, 6) is 0. The Kier molecular flexibility index (Phi) is 3.52. The lowest BCUT2D eigenvalue weighted by atomic mass is 10.7. The molecule has 0 radical (unpaired) electrons. The second-order valence-electron chi connectivity index (χ2n) is 2.58. The molecule has 0 fully saturated rings. The Balaban J connectivity index is 2.93. The second kappa shape index (κ2) is 4.33. The second-order valence-corrected chi connectivity index (χ2v) is 5.81. The number of nitrogens with two attached hydrogens (primary N) is 1. The number of hydrogen-bond acceptors (Lipinski definition) is 6. The van der Waals surface area contributed by atoms with E-state index in [1.54, 1.807) is 0 Å². The molecule has 1 rings (SSSR count). The first-order valence-corrected chi connectivity index (χ1v) is 5.93. The van der Waals surface area contributed by atoms with Crippen molar-refractivity contribution in [1.29, 1.82) is 0 Å². The van der Waals surface area contributed by atoms with E-state index in [1.165, 1.54) is 0 Å². The molecule has 6 nitrogen and oxygen atoms in total. The molecule has 0 unspecified atom stereocenters. The molecule has 86 valence electrons. The van der Waals surface area contributed by atoms with Gasteiger partial charge in [0.15, 0.2) is 0 Å².